The Morgan fingerprint density at radius 3 is 2.25 bits per heavy atom. The lowest BCUT2D eigenvalue weighted by Gasteiger charge is -2.28. The Labute approximate surface area is 171 Å². The van der Waals surface area contributed by atoms with E-state index < -0.39 is 0 Å². The van der Waals surface area contributed by atoms with Gasteiger partial charge in [-0.15, -0.1) is 0 Å². The minimum atomic E-state index is 0.339. The summed E-state index contributed by atoms with van der Waals surface area (Å²) < 4.78 is 0. The summed E-state index contributed by atoms with van der Waals surface area (Å²) in [5.74, 6) is 1.85. The van der Waals surface area contributed by atoms with Crippen LogP contribution in [-0.4, -0.2) is 5.78 Å². The molecular weight excluding hydrogens is 340 g/mol. The maximum atomic E-state index is 12.9. The minimum absolute atomic E-state index is 0.339. The van der Waals surface area contributed by atoms with Crippen LogP contribution in [0.5, 0.6) is 0 Å². The van der Waals surface area contributed by atoms with Gasteiger partial charge in [-0.2, -0.15) is 0 Å². The van der Waals surface area contributed by atoms with Crippen LogP contribution in [0.1, 0.15) is 100 Å². The lowest BCUT2D eigenvalue weighted by atomic mass is 9.77. The number of rotatable bonds is 10. The van der Waals surface area contributed by atoms with Crippen molar-refractivity contribution in [3.05, 3.63) is 47.5 Å². The molecule has 0 unspecified atom stereocenters. The predicted octanol–water partition coefficient (Wildman–Crippen LogP) is 8.14. The molecule has 0 atom stereocenters. The molecule has 1 saturated carbocycles. The summed E-state index contributed by atoms with van der Waals surface area (Å²) in [7, 11) is 0. The molecule has 0 amide bonds. The third-order valence-corrected chi connectivity index (χ3v) is 6.70. The normalized spacial score (nSPS) is 19.8. The molecule has 1 aliphatic rings. The number of unbranched alkanes of at least 4 members (excludes halogenated alkanes) is 3. The number of hydrogen-bond donors (Lipinski definition) is 0. The van der Waals surface area contributed by atoms with Gasteiger partial charge in [-0.05, 0) is 59.9 Å². The van der Waals surface area contributed by atoms with Gasteiger partial charge in [0.05, 0.1) is 0 Å². The van der Waals surface area contributed by atoms with Crippen LogP contribution < -0.4 is 0 Å². The number of carbonyl (C=O) groups excluding carboxylic acids is 1. The van der Waals surface area contributed by atoms with Crippen LogP contribution in [0.4, 0.5) is 0 Å². The van der Waals surface area contributed by atoms with Crippen LogP contribution in [0.15, 0.2) is 36.4 Å². The Kier molecular flexibility index (Phi) is 8.13. The van der Waals surface area contributed by atoms with Gasteiger partial charge >= 0.3 is 0 Å². The molecule has 0 aromatic heterocycles. The van der Waals surface area contributed by atoms with Crippen molar-refractivity contribution in [1.82, 2.24) is 0 Å². The van der Waals surface area contributed by atoms with Gasteiger partial charge < -0.3 is 0 Å². The quantitative estimate of drug-likeness (QED) is 0.301. The first-order valence-corrected chi connectivity index (χ1v) is 11.8. The van der Waals surface area contributed by atoms with Gasteiger partial charge in [0.2, 0.25) is 0 Å². The van der Waals surface area contributed by atoms with E-state index in [2.05, 4.69) is 44.2 Å². The largest absolute Gasteiger partial charge is 0.294 e. The lowest BCUT2D eigenvalue weighted by Crippen LogP contribution is -2.17. The molecule has 1 aliphatic carbocycles. The molecule has 0 bridgehead atoms. The SMILES string of the molecule is CCCCCc1ccc2cc(C(=O)CC3CCC(CCCC)CC3)ccc2c1. The second-order valence-electron chi connectivity index (χ2n) is 9.01. The molecule has 2 aromatic carbocycles. The Morgan fingerprint density at radius 2 is 1.50 bits per heavy atom. The summed E-state index contributed by atoms with van der Waals surface area (Å²) in [6.07, 6.45) is 14.9. The highest BCUT2D eigenvalue weighted by molar-refractivity contribution is 6.00. The fourth-order valence-electron chi connectivity index (χ4n) is 4.80. The van der Waals surface area contributed by atoms with Crippen molar-refractivity contribution in [2.24, 2.45) is 11.8 Å². The number of Topliss-reactive ketones (excluding diaryl/α,β-unsaturated/α-hetero) is 1. The molecule has 0 aliphatic heterocycles. The van der Waals surface area contributed by atoms with E-state index in [0.29, 0.717) is 11.7 Å². The van der Waals surface area contributed by atoms with Gasteiger partial charge in [0, 0.05) is 12.0 Å². The van der Waals surface area contributed by atoms with Crippen LogP contribution in [0.2, 0.25) is 0 Å². The van der Waals surface area contributed by atoms with Gasteiger partial charge in [0.15, 0.2) is 5.78 Å². The van der Waals surface area contributed by atoms with E-state index in [1.165, 1.54) is 80.5 Å². The van der Waals surface area contributed by atoms with Gasteiger partial charge in [-0.25, -0.2) is 0 Å². The Hall–Kier alpha value is -1.63. The van der Waals surface area contributed by atoms with Crippen LogP contribution >= 0.6 is 0 Å². The van der Waals surface area contributed by atoms with Crippen molar-refractivity contribution in [3.8, 4) is 0 Å². The van der Waals surface area contributed by atoms with Crippen LogP contribution in [-0.2, 0) is 6.42 Å². The van der Waals surface area contributed by atoms with Crippen molar-refractivity contribution in [1.29, 1.82) is 0 Å². The number of aryl methyl sites for hydroxylation is 1. The third kappa shape index (κ3) is 5.93. The average molecular weight is 379 g/mol. The highest BCUT2D eigenvalue weighted by Gasteiger charge is 2.23. The molecule has 0 N–H and O–H groups in total. The fourth-order valence-corrected chi connectivity index (χ4v) is 4.80. The predicted molar refractivity (Wildman–Crippen MR) is 121 cm³/mol. The number of ketones is 1. The Morgan fingerprint density at radius 1 is 0.821 bits per heavy atom. The lowest BCUT2D eigenvalue weighted by molar-refractivity contribution is 0.0942. The zero-order valence-corrected chi connectivity index (χ0v) is 18.0. The van der Waals surface area contributed by atoms with E-state index in [1.807, 2.05) is 6.07 Å². The molecule has 0 spiro atoms. The highest BCUT2D eigenvalue weighted by atomic mass is 16.1. The number of carbonyl (C=O) groups is 1. The van der Waals surface area contributed by atoms with Crippen molar-refractivity contribution in [3.63, 3.8) is 0 Å². The summed E-state index contributed by atoms with van der Waals surface area (Å²) in [4.78, 5) is 12.9. The van der Waals surface area contributed by atoms with Crippen molar-refractivity contribution < 1.29 is 4.79 Å². The summed E-state index contributed by atoms with van der Waals surface area (Å²) in [6.45, 7) is 4.53. The summed E-state index contributed by atoms with van der Waals surface area (Å²) >= 11 is 0. The van der Waals surface area contributed by atoms with Gasteiger partial charge in [-0.1, -0.05) is 89.1 Å². The minimum Gasteiger partial charge on any atom is -0.294 e. The van der Waals surface area contributed by atoms with E-state index >= 15 is 0 Å². The number of fused-ring (bicyclic) bond motifs is 1. The van der Waals surface area contributed by atoms with Crippen LogP contribution in [0.25, 0.3) is 10.8 Å². The molecule has 28 heavy (non-hydrogen) atoms. The zero-order valence-electron chi connectivity index (χ0n) is 18.0. The monoisotopic (exact) mass is 378 g/mol. The second-order valence-corrected chi connectivity index (χ2v) is 9.01. The summed E-state index contributed by atoms with van der Waals surface area (Å²) in [6, 6.07) is 13.0. The van der Waals surface area contributed by atoms with E-state index in [0.717, 1.165) is 24.3 Å². The van der Waals surface area contributed by atoms with Crippen molar-refractivity contribution >= 4 is 16.6 Å². The van der Waals surface area contributed by atoms with E-state index in [9.17, 15) is 4.79 Å². The first-order chi connectivity index (χ1) is 13.7. The van der Waals surface area contributed by atoms with E-state index in [1.54, 1.807) is 0 Å². The second kappa shape index (κ2) is 10.8. The molecule has 0 heterocycles. The maximum Gasteiger partial charge on any atom is 0.163 e. The molecule has 2 aromatic rings. The molecule has 3 rings (SSSR count). The third-order valence-electron chi connectivity index (χ3n) is 6.70. The van der Waals surface area contributed by atoms with E-state index in [-0.39, 0.29) is 0 Å². The Balaban J connectivity index is 1.56. The smallest absolute Gasteiger partial charge is 0.163 e. The van der Waals surface area contributed by atoms with Gasteiger partial charge in [0.1, 0.15) is 0 Å². The first kappa shape index (κ1) is 21.1. The van der Waals surface area contributed by atoms with Crippen molar-refractivity contribution in [2.75, 3.05) is 0 Å². The molecule has 0 saturated heterocycles. The Bertz CT molecular complexity index is 752. The average Bonchev–Trinajstić information content (AvgIpc) is 2.73. The number of benzene rings is 2. The van der Waals surface area contributed by atoms with Crippen LogP contribution in [0, 0.1) is 11.8 Å². The van der Waals surface area contributed by atoms with Gasteiger partial charge in [0.25, 0.3) is 0 Å². The molecule has 0 radical (unpaired) electrons. The molecule has 1 fully saturated rings. The molecular formula is C27H38O. The van der Waals surface area contributed by atoms with Gasteiger partial charge in [-0.3, -0.25) is 4.79 Å². The molecule has 152 valence electrons. The molecule has 1 nitrogen and oxygen atoms in total. The van der Waals surface area contributed by atoms with Crippen LogP contribution in [0.3, 0.4) is 0 Å². The summed E-state index contributed by atoms with van der Waals surface area (Å²) in [5.41, 5.74) is 2.32. The first-order valence-electron chi connectivity index (χ1n) is 11.8. The highest BCUT2D eigenvalue weighted by Crippen LogP contribution is 2.34. The number of hydrogen-bond acceptors (Lipinski definition) is 1. The zero-order chi connectivity index (χ0) is 19.8. The fraction of sp³-hybridized carbons (Fsp3) is 0.593. The standard InChI is InChI=1S/C27H38O/c1-3-5-7-9-22-14-15-25-20-26(17-16-24(25)18-22)27(28)19-23-12-10-21(11-13-23)8-6-4-2/h14-18,20-21,23H,3-13,19H2,1-2H3. The topological polar surface area (TPSA) is 17.1 Å². The maximum absolute atomic E-state index is 12.9. The van der Waals surface area contributed by atoms with E-state index in [4.69, 9.17) is 0 Å². The summed E-state index contributed by atoms with van der Waals surface area (Å²) in [5, 5.41) is 2.47. The van der Waals surface area contributed by atoms with Crippen molar-refractivity contribution in [2.45, 2.75) is 90.9 Å². The molecule has 1 heteroatoms.